The number of aromatic nitrogens is 1. The number of rotatable bonds is 8. The maximum absolute atomic E-state index is 14.7. The predicted molar refractivity (Wildman–Crippen MR) is 119 cm³/mol. The molecule has 3 fully saturated rings. The van der Waals surface area contributed by atoms with E-state index >= 15 is 0 Å². The number of fused-ring (bicyclic) bond motifs is 1. The minimum atomic E-state index is -0.652. The van der Waals surface area contributed by atoms with Crippen LogP contribution in [-0.2, 0) is 11.3 Å². The Morgan fingerprint density at radius 3 is 2.67 bits per heavy atom. The average molecular weight is 480 g/mol. The number of hydrogen-bond acceptors (Lipinski definition) is 7. The molecule has 1 aliphatic heterocycles. The first-order chi connectivity index (χ1) is 15.8. The van der Waals surface area contributed by atoms with Crippen LogP contribution in [-0.4, -0.2) is 40.9 Å². The molecule has 5 rings (SSSR count). The summed E-state index contributed by atoms with van der Waals surface area (Å²) in [6.45, 7) is 4.56. The van der Waals surface area contributed by atoms with Crippen LogP contribution in [0.15, 0.2) is 16.5 Å². The number of benzene rings is 1. The lowest BCUT2D eigenvalue weighted by Crippen LogP contribution is -2.63. The number of halogens is 2. The molecule has 1 aromatic heterocycles. The van der Waals surface area contributed by atoms with Gasteiger partial charge in [0.05, 0.1) is 24.2 Å². The highest BCUT2D eigenvalue weighted by molar-refractivity contribution is 6.32. The summed E-state index contributed by atoms with van der Waals surface area (Å²) < 4.78 is 26.3. The molecular formula is C23H27ClFN3O5. The molecule has 10 heteroatoms. The monoisotopic (exact) mass is 479 g/mol. The van der Waals surface area contributed by atoms with Gasteiger partial charge in [-0.05, 0) is 43.6 Å². The first-order valence-corrected chi connectivity index (χ1v) is 11.8. The van der Waals surface area contributed by atoms with E-state index in [0.717, 1.165) is 12.8 Å². The fraction of sp³-hybridized carbons (Fsp3) is 0.565. The summed E-state index contributed by atoms with van der Waals surface area (Å²) in [7, 11) is 0. The molecule has 2 atom stereocenters. The van der Waals surface area contributed by atoms with Crippen molar-refractivity contribution in [2.24, 2.45) is 11.8 Å². The second-order valence-electron chi connectivity index (χ2n) is 9.30. The van der Waals surface area contributed by atoms with Crippen LogP contribution in [0.25, 0.3) is 0 Å². The summed E-state index contributed by atoms with van der Waals surface area (Å²) >= 11 is 6.29. The topological polar surface area (TPSA) is 97.1 Å². The Balaban J connectivity index is 1.28. The minimum absolute atomic E-state index is 0.00830. The van der Waals surface area contributed by atoms with Gasteiger partial charge in [-0.15, -0.1) is 0 Å². The van der Waals surface area contributed by atoms with Gasteiger partial charge in [0.2, 0.25) is 0 Å². The second-order valence-corrected chi connectivity index (χ2v) is 9.70. The first kappa shape index (κ1) is 22.4. The number of amides is 1. The van der Waals surface area contributed by atoms with Gasteiger partial charge in [-0.2, -0.15) is 4.98 Å². The number of carbonyl (C=O) groups is 1. The van der Waals surface area contributed by atoms with E-state index < -0.39 is 17.3 Å². The van der Waals surface area contributed by atoms with Gasteiger partial charge >= 0.3 is 0 Å². The van der Waals surface area contributed by atoms with Crippen molar-refractivity contribution < 1.29 is 28.5 Å². The molecule has 1 saturated heterocycles. The molecule has 33 heavy (non-hydrogen) atoms. The highest BCUT2D eigenvalue weighted by Crippen LogP contribution is 2.53. The van der Waals surface area contributed by atoms with E-state index in [1.54, 1.807) is 4.90 Å². The van der Waals surface area contributed by atoms with Crippen molar-refractivity contribution in [2.45, 2.75) is 57.7 Å². The Labute approximate surface area is 195 Å². The Hall–Kier alpha value is -2.36. The summed E-state index contributed by atoms with van der Waals surface area (Å²) in [6, 6.07) is 2.95. The van der Waals surface area contributed by atoms with Crippen molar-refractivity contribution in [1.29, 1.82) is 0 Å². The predicted octanol–water partition coefficient (Wildman–Crippen LogP) is 4.92. The number of hydrogen-bond donors (Lipinski definition) is 2. The van der Waals surface area contributed by atoms with E-state index in [-0.39, 0.29) is 34.3 Å². The molecular weight excluding hydrogens is 453 g/mol. The zero-order valence-electron chi connectivity index (χ0n) is 18.6. The zero-order valence-corrected chi connectivity index (χ0v) is 19.3. The number of aryl methyl sites for hydroxylation is 1. The molecule has 178 valence electrons. The van der Waals surface area contributed by atoms with Gasteiger partial charge in [-0.1, -0.05) is 25.4 Å². The van der Waals surface area contributed by atoms with E-state index in [1.807, 2.05) is 13.8 Å². The summed E-state index contributed by atoms with van der Waals surface area (Å²) in [4.78, 5) is 23.6. The first-order valence-electron chi connectivity index (χ1n) is 11.4. The SMILES string of the molecule is CCc1oc(N2CC(CC)(OO)C2)nc1C(=O)Nc1cc(F)c(OC2CC3CC3C2)c(Cl)c1. The van der Waals surface area contributed by atoms with Gasteiger partial charge in [0.1, 0.15) is 11.4 Å². The molecule has 8 nitrogen and oxygen atoms in total. The molecule has 0 bridgehead atoms. The van der Waals surface area contributed by atoms with Crippen LogP contribution in [0.1, 0.15) is 55.8 Å². The van der Waals surface area contributed by atoms with Gasteiger partial charge < -0.3 is 19.4 Å². The molecule has 2 N–H and O–H groups in total. The van der Waals surface area contributed by atoms with Gasteiger partial charge in [-0.25, -0.2) is 9.28 Å². The quantitative estimate of drug-likeness (QED) is 0.409. The maximum atomic E-state index is 14.7. The second kappa shape index (κ2) is 8.45. The van der Waals surface area contributed by atoms with Gasteiger partial charge in [0.15, 0.2) is 17.3 Å². The van der Waals surface area contributed by atoms with Crippen LogP contribution in [0.3, 0.4) is 0 Å². The number of ether oxygens (including phenoxy) is 1. The molecule has 0 spiro atoms. The summed E-state index contributed by atoms with van der Waals surface area (Å²) in [5.41, 5.74) is -0.327. The number of anilines is 2. The highest BCUT2D eigenvalue weighted by Gasteiger charge is 2.47. The molecule has 1 aromatic carbocycles. The Kier molecular flexibility index (Phi) is 5.74. The van der Waals surface area contributed by atoms with Crippen LogP contribution in [0.2, 0.25) is 5.02 Å². The van der Waals surface area contributed by atoms with E-state index in [0.29, 0.717) is 43.5 Å². The molecule has 2 heterocycles. The minimum Gasteiger partial charge on any atom is -0.486 e. The van der Waals surface area contributed by atoms with Crippen molar-refractivity contribution in [1.82, 2.24) is 4.98 Å². The van der Waals surface area contributed by atoms with Crippen LogP contribution in [0.4, 0.5) is 16.1 Å². The molecule has 0 radical (unpaired) electrons. The number of nitrogens with zero attached hydrogens (tertiary/aromatic N) is 2. The third-order valence-electron chi connectivity index (χ3n) is 7.03. The highest BCUT2D eigenvalue weighted by atomic mass is 35.5. The van der Waals surface area contributed by atoms with Crippen molar-refractivity contribution >= 4 is 29.2 Å². The summed E-state index contributed by atoms with van der Waals surface area (Å²) in [6.07, 6.45) is 4.19. The number of oxazole rings is 1. The molecule has 3 aliphatic rings. The third-order valence-corrected chi connectivity index (χ3v) is 7.31. The number of carbonyl (C=O) groups excluding carboxylic acids is 1. The van der Waals surface area contributed by atoms with E-state index in [2.05, 4.69) is 15.2 Å². The molecule has 2 aromatic rings. The van der Waals surface area contributed by atoms with E-state index in [4.69, 9.17) is 26.0 Å². The average Bonchev–Trinajstić information content (AvgIpc) is 3.18. The van der Waals surface area contributed by atoms with Crippen LogP contribution in [0, 0.1) is 17.7 Å². The fourth-order valence-electron chi connectivity index (χ4n) is 4.88. The lowest BCUT2D eigenvalue weighted by atomic mass is 9.92. The smallest absolute Gasteiger partial charge is 0.298 e. The molecule has 2 unspecified atom stereocenters. The number of nitrogens with one attached hydrogen (secondary N) is 1. The van der Waals surface area contributed by atoms with Gasteiger partial charge in [0.25, 0.3) is 11.9 Å². The molecule has 2 aliphatic carbocycles. The van der Waals surface area contributed by atoms with E-state index in [9.17, 15) is 9.18 Å². The zero-order chi connectivity index (χ0) is 23.3. The third kappa shape index (κ3) is 4.18. The largest absolute Gasteiger partial charge is 0.486 e. The van der Waals surface area contributed by atoms with Crippen molar-refractivity contribution in [3.63, 3.8) is 0 Å². The Morgan fingerprint density at radius 1 is 1.33 bits per heavy atom. The van der Waals surface area contributed by atoms with Crippen LogP contribution < -0.4 is 15.0 Å². The van der Waals surface area contributed by atoms with Crippen LogP contribution >= 0.6 is 11.6 Å². The van der Waals surface area contributed by atoms with Crippen molar-refractivity contribution in [2.75, 3.05) is 23.3 Å². The standard InChI is InChI=1S/C23H27ClFN3O5/c1-3-18-19(27-22(32-18)28-10-23(4-2,11-28)33-30)21(29)26-14-8-16(24)20(17(25)9-14)31-15-6-12-5-13(12)7-15/h8-9,12-13,15,30H,3-7,10-11H2,1-2H3,(H,26,29). The molecule has 2 saturated carbocycles. The molecule has 1 amide bonds. The Morgan fingerprint density at radius 2 is 2.06 bits per heavy atom. The van der Waals surface area contributed by atoms with Crippen LogP contribution in [0.5, 0.6) is 5.75 Å². The van der Waals surface area contributed by atoms with Crippen molar-refractivity contribution in [3.8, 4) is 5.75 Å². The normalized spacial score (nSPS) is 24.9. The lowest BCUT2D eigenvalue weighted by molar-refractivity contribution is -0.330. The summed E-state index contributed by atoms with van der Waals surface area (Å²) in [5.74, 6) is 0.718. The lowest BCUT2D eigenvalue weighted by Gasteiger charge is -2.46. The van der Waals surface area contributed by atoms with Gasteiger partial charge in [0, 0.05) is 18.2 Å². The Bertz CT molecular complexity index is 1030. The van der Waals surface area contributed by atoms with Crippen molar-refractivity contribution in [3.05, 3.63) is 34.4 Å². The maximum Gasteiger partial charge on any atom is 0.298 e. The summed E-state index contributed by atoms with van der Waals surface area (Å²) in [5, 5.41) is 11.9. The van der Waals surface area contributed by atoms with E-state index in [1.165, 1.54) is 18.6 Å². The van der Waals surface area contributed by atoms with Gasteiger partial charge in [-0.3, -0.25) is 10.1 Å². The fourth-order valence-corrected chi connectivity index (χ4v) is 5.13.